The number of aliphatic hydroxyl groups excluding tert-OH is 1. The van der Waals surface area contributed by atoms with Gasteiger partial charge in [0.15, 0.2) is 0 Å². The van der Waals surface area contributed by atoms with Gasteiger partial charge in [0, 0.05) is 44.1 Å². The van der Waals surface area contributed by atoms with E-state index < -0.39 is 17.7 Å². The number of hydrogen-bond acceptors (Lipinski definition) is 7. The van der Waals surface area contributed by atoms with Crippen LogP contribution in [-0.4, -0.2) is 77.6 Å². The third-order valence-corrected chi connectivity index (χ3v) is 5.82. The molecule has 4 rings (SSSR count). The fourth-order valence-corrected chi connectivity index (χ4v) is 4.10. The number of pyridine rings is 1. The van der Waals surface area contributed by atoms with Crippen LogP contribution in [0.15, 0.2) is 67.0 Å². The van der Waals surface area contributed by atoms with Crippen molar-refractivity contribution in [2.75, 3.05) is 46.0 Å². The Hall–Kier alpha value is -3.49. The first-order chi connectivity index (χ1) is 16.1. The predicted molar refractivity (Wildman–Crippen MR) is 123 cm³/mol. The molecule has 1 aromatic heterocycles. The van der Waals surface area contributed by atoms with Crippen LogP contribution >= 0.6 is 0 Å². The number of ether oxygens (including phenoxy) is 2. The number of rotatable bonds is 8. The molecular formula is C25H27N3O5. The second-order valence-electron chi connectivity index (χ2n) is 7.85. The highest BCUT2D eigenvalue weighted by molar-refractivity contribution is 6.46. The lowest BCUT2D eigenvalue weighted by Crippen LogP contribution is -2.42. The van der Waals surface area contributed by atoms with Gasteiger partial charge in [-0.1, -0.05) is 24.8 Å². The van der Waals surface area contributed by atoms with Crippen molar-refractivity contribution in [1.29, 1.82) is 0 Å². The van der Waals surface area contributed by atoms with Gasteiger partial charge >= 0.3 is 0 Å². The third kappa shape index (κ3) is 4.97. The lowest BCUT2D eigenvalue weighted by Gasteiger charge is -2.31. The zero-order chi connectivity index (χ0) is 23.2. The summed E-state index contributed by atoms with van der Waals surface area (Å²) >= 11 is 0. The van der Waals surface area contributed by atoms with E-state index in [4.69, 9.17) is 9.47 Å². The Balaban J connectivity index is 1.69. The number of nitrogens with zero attached hydrogens (tertiary/aromatic N) is 3. The van der Waals surface area contributed by atoms with Gasteiger partial charge in [-0.15, -0.1) is 0 Å². The van der Waals surface area contributed by atoms with Gasteiger partial charge in [0.25, 0.3) is 11.7 Å². The van der Waals surface area contributed by atoms with Crippen LogP contribution in [0.5, 0.6) is 5.75 Å². The molecule has 1 amide bonds. The lowest BCUT2D eigenvalue weighted by atomic mass is 9.95. The van der Waals surface area contributed by atoms with Gasteiger partial charge in [0.1, 0.15) is 18.1 Å². The van der Waals surface area contributed by atoms with Gasteiger partial charge in [0.2, 0.25) is 0 Å². The van der Waals surface area contributed by atoms with Crippen molar-refractivity contribution in [3.63, 3.8) is 0 Å². The second kappa shape index (κ2) is 10.4. The average molecular weight is 450 g/mol. The quantitative estimate of drug-likeness (QED) is 0.286. The van der Waals surface area contributed by atoms with Crippen LogP contribution in [0.1, 0.15) is 17.2 Å². The first kappa shape index (κ1) is 22.7. The standard InChI is InChI=1S/C25H27N3O5/c1-2-15-33-20-5-3-18(4-6-20)22-21(23(29)19-7-9-26-10-8-19)24(30)25(31)28(22)12-11-27-13-16-32-17-14-27/h2-10,22,29H,1,11-17H2/b23-21+. The van der Waals surface area contributed by atoms with E-state index in [0.717, 1.165) is 18.7 Å². The normalized spacial score (nSPS) is 20.7. The van der Waals surface area contributed by atoms with Gasteiger partial charge in [-0.3, -0.25) is 19.5 Å². The maximum atomic E-state index is 13.1. The molecule has 2 fully saturated rings. The maximum Gasteiger partial charge on any atom is 0.295 e. The molecule has 0 aliphatic carbocycles. The smallest absolute Gasteiger partial charge is 0.295 e. The summed E-state index contributed by atoms with van der Waals surface area (Å²) in [4.78, 5) is 33.8. The molecule has 2 aliphatic heterocycles. The average Bonchev–Trinajstić information content (AvgIpc) is 3.12. The van der Waals surface area contributed by atoms with Gasteiger partial charge in [0.05, 0.1) is 24.8 Å². The highest BCUT2D eigenvalue weighted by Gasteiger charge is 2.46. The number of benzene rings is 1. The summed E-state index contributed by atoms with van der Waals surface area (Å²) in [6.45, 7) is 7.85. The number of likely N-dealkylation sites (tertiary alicyclic amines) is 1. The lowest BCUT2D eigenvalue weighted by molar-refractivity contribution is -0.140. The molecule has 0 bridgehead atoms. The van der Waals surface area contributed by atoms with E-state index in [2.05, 4.69) is 16.5 Å². The summed E-state index contributed by atoms with van der Waals surface area (Å²) in [5.41, 5.74) is 1.23. The molecule has 0 radical (unpaired) electrons. The summed E-state index contributed by atoms with van der Waals surface area (Å²) < 4.78 is 11.0. The topological polar surface area (TPSA) is 92.2 Å². The Bertz CT molecular complexity index is 1030. The predicted octanol–water partition coefficient (Wildman–Crippen LogP) is 2.40. The highest BCUT2D eigenvalue weighted by atomic mass is 16.5. The Kier molecular flexibility index (Phi) is 7.16. The van der Waals surface area contributed by atoms with Crippen LogP contribution in [0, 0.1) is 0 Å². The van der Waals surface area contributed by atoms with Gasteiger partial charge in [-0.25, -0.2) is 0 Å². The molecule has 3 heterocycles. The Morgan fingerprint density at radius 2 is 1.82 bits per heavy atom. The first-order valence-electron chi connectivity index (χ1n) is 10.9. The van der Waals surface area contributed by atoms with Crippen molar-refractivity contribution in [3.8, 4) is 5.75 Å². The molecule has 8 nitrogen and oxygen atoms in total. The van der Waals surface area contributed by atoms with E-state index in [1.165, 1.54) is 12.4 Å². The Labute approximate surface area is 192 Å². The highest BCUT2D eigenvalue weighted by Crippen LogP contribution is 2.39. The molecule has 33 heavy (non-hydrogen) atoms. The molecule has 8 heteroatoms. The van der Waals surface area contributed by atoms with Gasteiger partial charge < -0.3 is 19.5 Å². The molecule has 0 spiro atoms. The number of ketones is 1. The number of aliphatic hydroxyl groups is 1. The third-order valence-electron chi connectivity index (χ3n) is 5.82. The minimum Gasteiger partial charge on any atom is -0.507 e. The van der Waals surface area contributed by atoms with Gasteiger partial charge in [-0.05, 0) is 29.8 Å². The van der Waals surface area contributed by atoms with Gasteiger partial charge in [-0.2, -0.15) is 0 Å². The minimum atomic E-state index is -0.701. The summed E-state index contributed by atoms with van der Waals surface area (Å²) in [7, 11) is 0. The molecule has 0 saturated carbocycles. The molecule has 2 saturated heterocycles. The first-order valence-corrected chi connectivity index (χ1v) is 10.9. The number of hydrogen-bond donors (Lipinski definition) is 1. The molecular weight excluding hydrogens is 422 g/mol. The van der Waals surface area contributed by atoms with Crippen molar-refractivity contribution >= 4 is 17.4 Å². The van der Waals surface area contributed by atoms with E-state index >= 15 is 0 Å². The maximum absolute atomic E-state index is 13.1. The molecule has 2 aliphatic rings. The Morgan fingerprint density at radius 3 is 2.48 bits per heavy atom. The molecule has 1 N–H and O–H groups in total. The number of carbonyl (C=O) groups excluding carboxylic acids is 2. The number of aromatic nitrogens is 1. The summed E-state index contributed by atoms with van der Waals surface area (Å²) in [5.74, 6) is -0.862. The molecule has 2 aromatic rings. The zero-order valence-corrected chi connectivity index (χ0v) is 18.4. The van der Waals surface area contributed by atoms with Crippen molar-refractivity contribution in [3.05, 3.63) is 78.1 Å². The Morgan fingerprint density at radius 1 is 1.12 bits per heavy atom. The summed E-state index contributed by atoms with van der Waals surface area (Å²) in [5, 5.41) is 11.0. The van der Waals surface area contributed by atoms with E-state index in [-0.39, 0.29) is 11.3 Å². The van der Waals surface area contributed by atoms with Crippen LogP contribution in [0.2, 0.25) is 0 Å². The van der Waals surface area contributed by atoms with Crippen LogP contribution in [0.3, 0.4) is 0 Å². The van der Waals surface area contributed by atoms with E-state index in [1.54, 1.807) is 35.2 Å². The zero-order valence-electron chi connectivity index (χ0n) is 18.4. The number of Topliss-reactive ketones (excluding diaryl/α,β-unsaturated/α-hetero) is 1. The fraction of sp³-hybridized carbons (Fsp3) is 0.320. The van der Waals surface area contributed by atoms with Crippen LogP contribution < -0.4 is 4.74 Å². The number of amides is 1. The van der Waals surface area contributed by atoms with E-state index in [0.29, 0.717) is 44.2 Å². The number of morpholine rings is 1. The van der Waals surface area contributed by atoms with Crippen LogP contribution in [-0.2, 0) is 14.3 Å². The monoisotopic (exact) mass is 449 g/mol. The van der Waals surface area contributed by atoms with Crippen molar-refractivity contribution in [1.82, 2.24) is 14.8 Å². The number of carbonyl (C=O) groups is 2. The molecule has 1 atom stereocenters. The van der Waals surface area contributed by atoms with Crippen molar-refractivity contribution in [2.45, 2.75) is 6.04 Å². The molecule has 1 aromatic carbocycles. The van der Waals surface area contributed by atoms with Crippen molar-refractivity contribution in [2.24, 2.45) is 0 Å². The van der Waals surface area contributed by atoms with Crippen molar-refractivity contribution < 1.29 is 24.2 Å². The molecule has 1 unspecified atom stereocenters. The molecule has 172 valence electrons. The SMILES string of the molecule is C=CCOc1ccc(C2/C(=C(\O)c3ccncc3)C(=O)C(=O)N2CCN2CCOCC2)cc1. The fourth-order valence-electron chi connectivity index (χ4n) is 4.10. The largest absolute Gasteiger partial charge is 0.507 e. The summed E-state index contributed by atoms with van der Waals surface area (Å²) in [6.07, 6.45) is 4.72. The van der Waals surface area contributed by atoms with E-state index in [1.807, 2.05) is 12.1 Å². The van der Waals surface area contributed by atoms with Crippen LogP contribution in [0.4, 0.5) is 0 Å². The van der Waals surface area contributed by atoms with Crippen LogP contribution in [0.25, 0.3) is 5.76 Å². The second-order valence-corrected chi connectivity index (χ2v) is 7.85. The summed E-state index contributed by atoms with van der Waals surface area (Å²) in [6, 6.07) is 9.72. The minimum absolute atomic E-state index is 0.0768. The van der Waals surface area contributed by atoms with E-state index in [9.17, 15) is 14.7 Å².